The second-order valence-electron chi connectivity index (χ2n) is 3.35. The summed E-state index contributed by atoms with van der Waals surface area (Å²) in [6.45, 7) is 3.75. The lowest BCUT2D eigenvalue weighted by molar-refractivity contribution is 0.199. The number of furan rings is 1. The number of aryl methyl sites for hydroxylation is 1. The second-order valence-corrected chi connectivity index (χ2v) is 3.35. The van der Waals surface area contributed by atoms with Gasteiger partial charge in [0.2, 0.25) is 0 Å². The largest absolute Gasteiger partial charge is 0.464 e. The molecule has 68 valence electrons. The van der Waals surface area contributed by atoms with Crippen molar-refractivity contribution in [3.8, 4) is 0 Å². The third-order valence-corrected chi connectivity index (χ3v) is 2.28. The van der Waals surface area contributed by atoms with Crippen LogP contribution in [-0.4, -0.2) is 5.11 Å². The third kappa shape index (κ3) is 1.33. The van der Waals surface area contributed by atoms with Gasteiger partial charge in [-0.05, 0) is 31.0 Å². The summed E-state index contributed by atoms with van der Waals surface area (Å²) in [5.41, 5.74) is 2.87. The Morgan fingerprint density at radius 3 is 2.85 bits per heavy atom. The van der Waals surface area contributed by atoms with Crippen molar-refractivity contribution < 1.29 is 9.52 Å². The Hall–Kier alpha value is -1.28. The molecule has 0 saturated carbocycles. The number of fused-ring (bicyclic) bond motifs is 1. The number of benzene rings is 1. The summed E-state index contributed by atoms with van der Waals surface area (Å²) in [5, 5.41) is 10.5. The van der Waals surface area contributed by atoms with Gasteiger partial charge in [0.05, 0.1) is 12.4 Å². The Labute approximate surface area is 76.8 Å². The molecule has 0 aliphatic rings. The summed E-state index contributed by atoms with van der Waals surface area (Å²) in [4.78, 5) is 0. The van der Waals surface area contributed by atoms with Crippen LogP contribution < -0.4 is 0 Å². The first kappa shape index (κ1) is 8.32. The Kier molecular flexibility index (Phi) is 1.85. The molecule has 2 aromatic rings. The maximum atomic E-state index is 9.35. The topological polar surface area (TPSA) is 33.4 Å². The van der Waals surface area contributed by atoms with Crippen LogP contribution in [0.2, 0.25) is 0 Å². The summed E-state index contributed by atoms with van der Waals surface area (Å²) in [5.74, 6) is 0. The van der Waals surface area contributed by atoms with E-state index in [1.165, 1.54) is 0 Å². The molecule has 1 heterocycles. The molecule has 1 N–H and O–H groups in total. The highest BCUT2D eigenvalue weighted by Crippen LogP contribution is 2.23. The predicted octanol–water partition coefficient (Wildman–Crippen LogP) is 2.79. The molecule has 2 heteroatoms. The van der Waals surface area contributed by atoms with Gasteiger partial charge >= 0.3 is 0 Å². The second kappa shape index (κ2) is 2.89. The van der Waals surface area contributed by atoms with Crippen molar-refractivity contribution >= 4 is 11.0 Å². The van der Waals surface area contributed by atoms with Gasteiger partial charge in [0.25, 0.3) is 0 Å². The van der Waals surface area contributed by atoms with Crippen molar-refractivity contribution in [2.75, 3.05) is 0 Å². The first-order chi connectivity index (χ1) is 6.18. The molecule has 1 unspecified atom stereocenters. The highest BCUT2D eigenvalue weighted by molar-refractivity contribution is 5.81. The number of aliphatic hydroxyl groups is 1. The summed E-state index contributed by atoms with van der Waals surface area (Å²) >= 11 is 0. The van der Waals surface area contributed by atoms with Gasteiger partial charge in [-0.3, -0.25) is 0 Å². The normalized spacial score (nSPS) is 13.5. The van der Waals surface area contributed by atoms with Gasteiger partial charge in [-0.15, -0.1) is 0 Å². The van der Waals surface area contributed by atoms with Crippen LogP contribution in [-0.2, 0) is 0 Å². The molecule has 0 bridgehead atoms. The molecule has 0 aliphatic heterocycles. The summed E-state index contributed by atoms with van der Waals surface area (Å²) in [6, 6.07) is 5.79. The molecule has 13 heavy (non-hydrogen) atoms. The zero-order chi connectivity index (χ0) is 9.42. The van der Waals surface area contributed by atoms with E-state index in [-0.39, 0.29) is 0 Å². The zero-order valence-electron chi connectivity index (χ0n) is 7.74. The third-order valence-electron chi connectivity index (χ3n) is 2.28. The van der Waals surface area contributed by atoms with Crippen LogP contribution in [0.15, 0.2) is 28.9 Å². The minimum Gasteiger partial charge on any atom is -0.464 e. The van der Waals surface area contributed by atoms with Crippen LogP contribution in [0.25, 0.3) is 11.0 Å². The molecular formula is C11H12O2. The molecule has 1 aromatic heterocycles. The number of hydrogen-bond donors (Lipinski definition) is 1. The lowest BCUT2D eigenvalue weighted by atomic mass is 10.1. The molecule has 0 saturated heterocycles. The minimum atomic E-state index is -0.435. The maximum absolute atomic E-state index is 9.35. The maximum Gasteiger partial charge on any atom is 0.134 e. The summed E-state index contributed by atoms with van der Waals surface area (Å²) in [6.07, 6.45) is 1.30. The monoisotopic (exact) mass is 176 g/mol. The van der Waals surface area contributed by atoms with Gasteiger partial charge in [0.1, 0.15) is 5.58 Å². The summed E-state index contributed by atoms with van der Waals surface area (Å²) < 4.78 is 5.33. The Morgan fingerprint density at radius 1 is 1.38 bits per heavy atom. The number of rotatable bonds is 1. The first-order valence-corrected chi connectivity index (χ1v) is 4.34. The smallest absolute Gasteiger partial charge is 0.134 e. The average molecular weight is 176 g/mol. The van der Waals surface area contributed by atoms with Crippen LogP contribution >= 0.6 is 0 Å². The van der Waals surface area contributed by atoms with Gasteiger partial charge < -0.3 is 9.52 Å². The average Bonchev–Trinajstić information content (AvgIpc) is 2.47. The molecule has 2 rings (SSSR count). The van der Waals surface area contributed by atoms with E-state index in [0.717, 1.165) is 22.1 Å². The van der Waals surface area contributed by atoms with Crippen LogP contribution in [0, 0.1) is 6.92 Å². The molecule has 0 amide bonds. The summed E-state index contributed by atoms with van der Waals surface area (Å²) in [7, 11) is 0. The highest BCUT2D eigenvalue weighted by Gasteiger charge is 2.05. The van der Waals surface area contributed by atoms with Crippen LogP contribution in [0.5, 0.6) is 0 Å². The molecule has 0 fully saturated rings. The molecule has 1 atom stereocenters. The molecular weight excluding hydrogens is 164 g/mol. The van der Waals surface area contributed by atoms with E-state index in [0.29, 0.717) is 0 Å². The van der Waals surface area contributed by atoms with Crippen molar-refractivity contribution in [2.45, 2.75) is 20.0 Å². The van der Waals surface area contributed by atoms with Crippen LogP contribution in [0.3, 0.4) is 0 Å². The van der Waals surface area contributed by atoms with E-state index in [1.54, 1.807) is 13.2 Å². The molecule has 0 radical (unpaired) electrons. The number of aliphatic hydroxyl groups excluding tert-OH is 1. The van der Waals surface area contributed by atoms with E-state index < -0.39 is 6.10 Å². The van der Waals surface area contributed by atoms with Gasteiger partial charge in [-0.25, -0.2) is 0 Å². The van der Waals surface area contributed by atoms with Crippen LogP contribution in [0.1, 0.15) is 24.2 Å². The lowest BCUT2D eigenvalue weighted by Gasteiger charge is -2.02. The fourth-order valence-corrected chi connectivity index (χ4v) is 1.44. The predicted molar refractivity (Wildman–Crippen MR) is 51.6 cm³/mol. The lowest BCUT2D eigenvalue weighted by Crippen LogP contribution is -1.89. The van der Waals surface area contributed by atoms with Gasteiger partial charge in [-0.2, -0.15) is 0 Å². The van der Waals surface area contributed by atoms with Crippen molar-refractivity contribution in [3.05, 3.63) is 35.6 Å². The molecule has 0 spiro atoms. The fourth-order valence-electron chi connectivity index (χ4n) is 1.44. The van der Waals surface area contributed by atoms with E-state index in [2.05, 4.69) is 0 Å². The van der Waals surface area contributed by atoms with E-state index >= 15 is 0 Å². The number of hydrogen-bond acceptors (Lipinski definition) is 2. The van der Waals surface area contributed by atoms with E-state index in [9.17, 15) is 5.11 Å². The standard InChI is InChI=1S/C11H12O2/c1-7-6-13-11-5-9(8(2)12)3-4-10(7)11/h3-6,8,12H,1-2H3. The van der Waals surface area contributed by atoms with Crippen molar-refractivity contribution in [3.63, 3.8) is 0 Å². The quantitative estimate of drug-likeness (QED) is 0.724. The van der Waals surface area contributed by atoms with Crippen molar-refractivity contribution in [1.29, 1.82) is 0 Å². The van der Waals surface area contributed by atoms with Gasteiger partial charge in [0, 0.05) is 5.39 Å². The minimum absolute atomic E-state index is 0.435. The molecule has 2 nitrogen and oxygen atoms in total. The Morgan fingerprint density at radius 2 is 2.15 bits per heavy atom. The Bertz CT molecular complexity index is 427. The molecule has 1 aromatic carbocycles. The SMILES string of the molecule is Cc1coc2cc(C(C)O)ccc12. The van der Waals surface area contributed by atoms with Gasteiger partial charge in [0.15, 0.2) is 0 Å². The van der Waals surface area contributed by atoms with Gasteiger partial charge in [-0.1, -0.05) is 12.1 Å². The Balaban J connectivity index is 2.63. The van der Waals surface area contributed by atoms with Crippen molar-refractivity contribution in [1.82, 2.24) is 0 Å². The zero-order valence-corrected chi connectivity index (χ0v) is 7.74. The highest BCUT2D eigenvalue weighted by atomic mass is 16.3. The van der Waals surface area contributed by atoms with E-state index in [4.69, 9.17) is 4.42 Å². The first-order valence-electron chi connectivity index (χ1n) is 4.34. The van der Waals surface area contributed by atoms with Crippen LogP contribution in [0.4, 0.5) is 0 Å². The van der Waals surface area contributed by atoms with Crippen molar-refractivity contribution in [2.24, 2.45) is 0 Å². The van der Waals surface area contributed by atoms with E-state index in [1.807, 2.05) is 25.1 Å². The molecule has 0 aliphatic carbocycles. The fraction of sp³-hybridized carbons (Fsp3) is 0.273.